The first kappa shape index (κ1) is 27.3. The zero-order chi connectivity index (χ0) is 27.8. The summed E-state index contributed by atoms with van der Waals surface area (Å²) in [6.07, 6.45) is -0.0276. The summed E-state index contributed by atoms with van der Waals surface area (Å²) in [4.78, 5) is 21.6. The Hall–Kier alpha value is -4.76. The van der Waals surface area contributed by atoms with Gasteiger partial charge < -0.3 is 14.2 Å². The van der Waals surface area contributed by atoms with Crippen LogP contribution in [0.15, 0.2) is 97.1 Å². The minimum Gasteiger partial charge on any atom is -0.497 e. The Morgan fingerprint density at radius 2 is 1.00 bits per heavy atom. The highest BCUT2D eigenvalue weighted by Crippen LogP contribution is 2.34. The number of non-ortho nitro benzene ring substituents is 2. The molecule has 0 saturated carbocycles. The van der Waals surface area contributed by atoms with Crippen molar-refractivity contribution in [3.8, 4) is 11.5 Å². The Bertz CT molecular complexity index is 1310. The van der Waals surface area contributed by atoms with E-state index in [1.165, 1.54) is 24.3 Å². The fraction of sp³-hybridized carbons (Fsp3) is 0.200. The lowest BCUT2D eigenvalue weighted by molar-refractivity contribution is -0.385. The number of nitro benzene ring substituents is 2. The molecule has 0 spiro atoms. The maximum Gasteiger partial charge on any atom is 0.269 e. The normalized spacial score (nSPS) is 12.4. The van der Waals surface area contributed by atoms with E-state index in [0.717, 1.165) is 22.3 Å². The molecule has 0 fully saturated rings. The zero-order valence-electron chi connectivity index (χ0n) is 21.6. The van der Waals surface area contributed by atoms with Crippen molar-refractivity contribution in [3.05, 3.63) is 140 Å². The molecule has 0 aromatic heterocycles. The number of ether oxygens (including phenoxy) is 3. The molecular formula is C30H28N2O7. The molecule has 0 saturated heterocycles. The van der Waals surface area contributed by atoms with Gasteiger partial charge in [-0.1, -0.05) is 24.3 Å². The van der Waals surface area contributed by atoms with Crippen LogP contribution in [-0.2, 0) is 17.6 Å². The molecule has 4 rings (SSSR count). The molecule has 0 N–H and O–H groups in total. The number of methoxy groups -OCH3 is 2. The largest absolute Gasteiger partial charge is 0.497 e. The minimum atomic E-state index is -0.483. The standard InChI is InChI=1S/C30H28N2O7/c1-37-27-7-3-5-21(17-27)19-29(23-9-13-25(14-10-23)31(33)34)39-30(20-22-6-4-8-28(18-22)38-2)24-11-15-26(16-12-24)32(35)36/h3-18,29-30H,19-20H2,1-2H3. The summed E-state index contributed by atoms with van der Waals surface area (Å²) < 4.78 is 17.5. The number of benzene rings is 4. The van der Waals surface area contributed by atoms with Crippen molar-refractivity contribution < 1.29 is 24.1 Å². The van der Waals surface area contributed by atoms with Gasteiger partial charge in [-0.2, -0.15) is 0 Å². The maximum absolute atomic E-state index is 11.2. The number of hydrogen-bond acceptors (Lipinski definition) is 7. The lowest BCUT2D eigenvalue weighted by Crippen LogP contribution is -2.15. The summed E-state index contributed by atoms with van der Waals surface area (Å²) >= 11 is 0. The van der Waals surface area contributed by atoms with Gasteiger partial charge in [0.2, 0.25) is 0 Å². The van der Waals surface area contributed by atoms with Gasteiger partial charge in [0.1, 0.15) is 11.5 Å². The second kappa shape index (κ2) is 12.7. The van der Waals surface area contributed by atoms with Crippen LogP contribution >= 0.6 is 0 Å². The highest BCUT2D eigenvalue weighted by Gasteiger charge is 2.23. The molecule has 0 bridgehead atoms. The highest BCUT2D eigenvalue weighted by atomic mass is 16.6. The van der Waals surface area contributed by atoms with Gasteiger partial charge >= 0.3 is 0 Å². The monoisotopic (exact) mass is 528 g/mol. The van der Waals surface area contributed by atoms with Crippen LogP contribution in [0.3, 0.4) is 0 Å². The molecule has 0 amide bonds. The van der Waals surface area contributed by atoms with Gasteiger partial charge in [0.15, 0.2) is 0 Å². The average molecular weight is 529 g/mol. The van der Waals surface area contributed by atoms with Gasteiger partial charge in [-0.25, -0.2) is 0 Å². The van der Waals surface area contributed by atoms with E-state index < -0.39 is 22.1 Å². The van der Waals surface area contributed by atoms with Gasteiger partial charge in [-0.05, 0) is 70.8 Å². The van der Waals surface area contributed by atoms with Gasteiger partial charge in [0.25, 0.3) is 11.4 Å². The average Bonchev–Trinajstić information content (AvgIpc) is 2.96. The fourth-order valence-electron chi connectivity index (χ4n) is 4.34. The predicted molar refractivity (Wildman–Crippen MR) is 146 cm³/mol. The Morgan fingerprint density at radius 3 is 1.33 bits per heavy atom. The SMILES string of the molecule is COc1cccc(CC(OC(Cc2cccc(OC)c2)c2ccc([N+](=O)[O-])cc2)c2ccc([N+](=O)[O-])cc2)c1. The lowest BCUT2D eigenvalue weighted by atomic mass is 9.97. The summed E-state index contributed by atoms with van der Waals surface area (Å²) in [7, 11) is 3.20. The molecule has 0 aliphatic heterocycles. The van der Waals surface area contributed by atoms with Crippen molar-refractivity contribution >= 4 is 11.4 Å². The predicted octanol–water partition coefficient (Wildman–Crippen LogP) is 6.80. The molecule has 2 atom stereocenters. The van der Waals surface area contributed by atoms with E-state index in [0.29, 0.717) is 24.3 Å². The number of rotatable bonds is 12. The lowest BCUT2D eigenvalue weighted by Gasteiger charge is -2.26. The molecule has 0 aliphatic carbocycles. The highest BCUT2D eigenvalue weighted by molar-refractivity contribution is 5.37. The van der Waals surface area contributed by atoms with Crippen LogP contribution in [-0.4, -0.2) is 24.1 Å². The first-order valence-corrected chi connectivity index (χ1v) is 12.3. The van der Waals surface area contributed by atoms with E-state index in [9.17, 15) is 20.2 Å². The third-order valence-corrected chi connectivity index (χ3v) is 6.39. The molecule has 4 aromatic carbocycles. The van der Waals surface area contributed by atoms with Gasteiger partial charge in [-0.15, -0.1) is 0 Å². The number of nitro groups is 2. The Labute approximate surface area is 225 Å². The molecule has 9 nitrogen and oxygen atoms in total. The topological polar surface area (TPSA) is 114 Å². The zero-order valence-corrected chi connectivity index (χ0v) is 21.6. The molecular weight excluding hydrogens is 500 g/mol. The summed E-state index contributed by atoms with van der Waals surface area (Å²) in [6.45, 7) is 0. The van der Waals surface area contributed by atoms with Crippen molar-refractivity contribution in [1.82, 2.24) is 0 Å². The second-order valence-electron chi connectivity index (χ2n) is 8.92. The molecule has 9 heteroatoms. The van der Waals surface area contributed by atoms with Crippen LogP contribution in [0.4, 0.5) is 11.4 Å². The summed E-state index contributed by atoms with van der Waals surface area (Å²) in [5.74, 6) is 1.41. The minimum absolute atomic E-state index is 0.0119. The molecule has 200 valence electrons. The summed E-state index contributed by atoms with van der Waals surface area (Å²) in [6, 6.07) is 27.9. The van der Waals surface area contributed by atoms with Crippen molar-refractivity contribution in [2.24, 2.45) is 0 Å². The maximum atomic E-state index is 11.2. The van der Waals surface area contributed by atoms with E-state index >= 15 is 0 Å². The van der Waals surface area contributed by atoms with Crippen LogP contribution in [0.2, 0.25) is 0 Å². The Balaban J connectivity index is 1.72. The first-order valence-electron chi connectivity index (χ1n) is 12.3. The summed E-state index contributed by atoms with van der Waals surface area (Å²) in [5, 5.41) is 22.5. The van der Waals surface area contributed by atoms with Crippen LogP contribution in [0.25, 0.3) is 0 Å². The van der Waals surface area contributed by atoms with E-state index in [4.69, 9.17) is 14.2 Å². The van der Waals surface area contributed by atoms with Crippen molar-refractivity contribution in [1.29, 1.82) is 0 Å². The van der Waals surface area contributed by atoms with E-state index in [1.807, 2.05) is 48.5 Å². The van der Waals surface area contributed by atoms with Crippen molar-refractivity contribution in [2.75, 3.05) is 14.2 Å². The molecule has 0 aliphatic rings. The molecule has 4 aromatic rings. The van der Waals surface area contributed by atoms with Crippen molar-refractivity contribution in [3.63, 3.8) is 0 Å². The van der Waals surface area contributed by atoms with Crippen molar-refractivity contribution in [2.45, 2.75) is 25.0 Å². The number of hydrogen-bond donors (Lipinski definition) is 0. The summed E-state index contributed by atoms with van der Waals surface area (Å²) in [5.41, 5.74) is 3.43. The van der Waals surface area contributed by atoms with Crippen LogP contribution in [0.1, 0.15) is 34.5 Å². The number of nitrogens with zero attached hydrogens (tertiary/aromatic N) is 2. The Kier molecular flexibility index (Phi) is 8.86. The molecule has 39 heavy (non-hydrogen) atoms. The first-order chi connectivity index (χ1) is 18.9. The molecule has 2 unspecified atom stereocenters. The van der Waals surface area contributed by atoms with E-state index in [2.05, 4.69) is 0 Å². The van der Waals surface area contributed by atoms with E-state index in [-0.39, 0.29) is 11.4 Å². The van der Waals surface area contributed by atoms with Gasteiger partial charge in [0, 0.05) is 37.1 Å². The van der Waals surface area contributed by atoms with Crippen LogP contribution in [0.5, 0.6) is 11.5 Å². The third-order valence-electron chi connectivity index (χ3n) is 6.39. The van der Waals surface area contributed by atoms with Gasteiger partial charge in [0.05, 0.1) is 36.3 Å². The van der Waals surface area contributed by atoms with E-state index in [1.54, 1.807) is 38.5 Å². The third kappa shape index (κ3) is 7.18. The smallest absolute Gasteiger partial charge is 0.269 e. The molecule has 0 heterocycles. The second-order valence-corrected chi connectivity index (χ2v) is 8.92. The van der Waals surface area contributed by atoms with Gasteiger partial charge in [-0.3, -0.25) is 20.2 Å². The Morgan fingerprint density at radius 1 is 0.615 bits per heavy atom. The van der Waals surface area contributed by atoms with Crippen LogP contribution < -0.4 is 9.47 Å². The fourth-order valence-corrected chi connectivity index (χ4v) is 4.34. The quantitative estimate of drug-likeness (QED) is 0.147. The van der Waals surface area contributed by atoms with Crippen LogP contribution in [0, 0.1) is 20.2 Å². The molecule has 0 radical (unpaired) electrons.